The minimum absolute atomic E-state index is 0.0327. The Morgan fingerprint density at radius 2 is 2.10 bits per heavy atom. The summed E-state index contributed by atoms with van der Waals surface area (Å²) in [6, 6.07) is 1.87. The summed E-state index contributed by atoms with van der Waals surface area (Å²) in [6.45, 7) is -0.548. The van der Waals surface area contributed by atoms with Crippen molar-refractivity contribution in [1.29, 1.82) is 0 Å². The summed E-state index contributed by atoms with van der Waals surface area (Å²) < 4.78 is 17.8. The summed E-state index contributed by atoms with van der Waals surface area (Å²) >= 11 is 5.69. The van der Waals surface area contributed by atoms with E-state index in [9.17, 15) is 18.8 Å². The molecule has 0 saturated heterocycles. The van der Waals surface area contributed by atoms with Crippen molar-refractivity contribution in [3.05, 3.63) is 29.0 Å². The Morgan fingerprint density at radius 1 is 1.43 bits per heavy atom. The van der Waals surface area contributed by atoms with Gasteiger partial charge in [-0.05, 0) is 18.2 Å². The first kappa shape index (κ1) is 16.7. The molecule has 1 atom stereocenters. The number of benzene rings is 1. The van der Waals surface area contributed by atoms with E-state index < -0.39 is 42.7 Å². The fourth-order valence-electron chi connectivity index (χ4n) is 1.37. The van der Waals surface area contributed by atoms with E-state index >= 15 is 0 Å². The molecule has 1 aromatic rings. The zero-order valence-corrected chi connectivity index (χ0v) is 11.4. The molecule has 114 valence electrons. The molecule has 0 fully saturated rings. The molecule has 0 aliphatic rings. The first-order valence-electron chi connectivity index (χ1n) is 5.68. The Morgan fingerprint density at radius 3 is 2.62 bits per heavy atom. The lowest BCUT2D eigenvalue weighted by Gasteiger charge is -2.13. The minimum Gasteiger partial charge on any atom is -0.482 e. The van der Waals surface area contributed by atoms with Crippen molar-refractivity contribution in [2.75, 3.05) is 6.61 Å². The van der Waals surface area contributed by atoms with Crippen LogP contribution in [0.15, 0.2) is 18.2 Å². The summed E-state index contributed by atoms with van der Waals surface area (Å²) in [7, 11) is 0. The Balaban J connectivity index is 2.56. The average molecular weight is 319 g/mol. The minimum atomic E-state index is -1.44. The third-order valence-corrected chi connectivity index (χ3v) is 2.59. The fraction of sp³-hybridized carbons (Fsp3) is 0.250. The molecule has 21 heavy (non-hydrogen) atoms. The summed E-state index contributed by atoms with van der Waals surface area (Å²) in [4.78, 5) is 33.0. The Hall–Kier alpha value is -2.35. The molecule has 4 N–H and O–H groups in total. The number of amides is 2. The van der Waals surface area contributed by atoms with E-state index in [1.54, 1.807) is 0 Å². The van der Waals surface area contributed by atoms with Gasteiger partial charge in [-0.1, -0.05) is 11.6 Å². The van der Waals surface area contributed by atoms with E-state index in [2.05, 4.69) is 5.32 Å². The number of primary amides is 1. The highest BCUT2D eigenvalue weighted by atomic mass is 35.5. The van der Waals surface area contributed by atoms with Crippen molar-refractivity contribution in [3.8, 4) is 5.75 Å². The van der Waals surface area contributed by atoms with Crippen molar-refractivity contribution in [1.82, 2.24) is 5.32 Å². The Kier molecular flexibility index (Phi) is 5.92. The molecule has 0 aromatic heterocycles. The zero-order valence-electron chi connectivity index (χ0n) is 10.6. The predicted octanol–water partition coefficient (Wildman–Crippen LogP) is 0.303. The van der Waals surface area contributed by atoms with Gasteiger partial charge >= 0.3 is 5.97 Å². The number of hydrogen-bond donors (Lipinski definition) is 3. The number of nitrogens with two attached hydrogens (primary N) is 1. The van der Waals surface area contributed by atoms with Crippen LogP contribution in [0.2, 0.25) is 5.02 Å². The van der Waals surface area contributed by atoms with E-state index in [0.717, 1.165) is 12.1 Å². The number of ether oxygens (including phenoxy) is 1. The average Bonchev–Trinajstić information content (AvgIpc) is 2.36. The summed E-state index contributed by atoms with van der Waals surface area (Å²) in [5.41, 5.74) is 4.87. The summed E-state index contributed by atoms with van der Waals surface area (Å²) in [5, 5.41) is 10.8. The molecule has 0 aliphatic carbocycles. The standard InChI is InChI=1S/C12H12ClFN2O5/c13-7-3-6(14)1-2-9(7)21-5-11(18)16-8(12(19)20)4-10(15)17/h1-3,8H,4-5H2,(H2,15,17)(H,16,18)(H,19,20). The van der Waals surface area contributed by atoms with E-state index in [0.29, 0.717) is 0 Å². The molecule has 2 amide bonds. The van der Waals surface area contributed by atoms with E-state index in [1.807, 2.05) is 0 Å². The highest BCUT2D eigenvalue weighted by molar-refractivity contribution is 6.32. The number of halogens is 2. The highest BCUT2D eigenvalue weighted by Gasteiger charge is 2.22. The van der Waals surface area contributed by atoms with E-state index in [4.69, 9.17) is 27.2 Å². The molecule has 1 aromatic carbocycles. The normalized spacial score (nSPS) is 11.5. The van der Waals surface area contributed by atoms with Crippen LogP contribution in [0.25, 0.3) is 0 Å². The smallest absolute Gasteiger partial charge is 0.326 e. The van der Waals surface area contributed by atoms with Gasteiger partial charge in [0.05, 0.1) is 11.4 Å². The van der Waals surface area contributed by atoms with Crippen LogP contribution in [0.4, 0.5) is 4.39 Å². The summed E-state index contributed by atoms with van der Waals surface area (Å²) in [5.74, 6) is -3.56. The SMILES string of the molecule is NC(=O)CC(NC(=O)COc1ccc(F)cc1Cl)C(=O)O. The van der Waals surface area contributed by atoms with Gasteiger partial charge in [-0.2, -0.15) is 0 Å². The molecular weight excluding hydrogens is 307 g/mol. The molecule has 0 spiro atoms. The molecule has 1 unspecified atom stereocenters. The second-order valence-corrected chi connectivity index (χ2v) is 4.40. The highest BCUT2D eigenvalue weighted by Crippen LogP contribution is 2.24. The maximum Gasteiger partial charge on any atom is 0.326 e. The van der Waals surface area contributed by atoms with Gasteiger partial charge in [0.15, 0.2) is 6.61 Å². The van der Waals surface area contributed by atoms with Gasteiger partial charge in [-0.3, -0.25) is 9.59 Å². The molecule has 0 heterocycles. The third-order valence-electron chi connectivity index (χ3n) is 2.29. The number of carboxylic acids is 1. The molecule has 1 rings (SSSR count). The van der Waals surface area contributed by atoms with Crippen LogP contribution in [0, 0.1) is 5.82 Å². The molecule has 9 heteroatoms. The number of hydrogen-bond acceptors (Lipinski definition) is 4. The van der Waals surface area contributed by atoms with Crippen LogP contribution in [-0.2, 0) is 14.4 Å². The van der Waals surface area contributed by atoms with Crippen LogP contribution in [0.3, 0.4) is 0 Å². The predicted molar refractivity (Wildman–Crippen MR) is 70.3 cm³/mol. The number of nitrogens with one attached hydrogen (secondary N) is 1. The summed E-state index contributed by atoms with van der Waals surface area (Å²) in [6.07, 6.45) is -0.543. The van der Waals surface area contributed by atoms with Crippen LogP contribution in [0.5, 0.6) is 5.75 Å². The number of aliphatic carboxylic acids is 1. The van der Waals surface area contributed by atoms with Crippen molar-refractivity contribution in [2.45, 2.75) is 12.5 Å². The van der Waals surface area contributed by atoms with Crippen molar-refractivity contribution in [2.24, 2.45) is 5.73 Å². The van der Waals surface area contributed by atoms with Crippen LogP contribution in [0.1, 0.15) is 6.42 Å². The van der Waals surface area contributed by atoms with E-state index in [1.165, 1.54) is 6.07 Å². The monoisotopic (exact) mass is 318 g/mol. The number of carbonyl (C=O) groups excluding carboxylic acids is 2. The molecule has 7 nitrogen and oxygen atoms in total. The van der Waals surface area contributed by atoms with Crippen molar-refractivity contribution < 1.29 is 28.6 Å². The topological polar surface area (TPSA) is 119 Å². The first-order chi connectivity index (χ1) is 9.79. The van der Waals surface area contributed by atoms with E-state index in [-0.39, 0.29) is 10.8 Å². The Labute approximate surface area is 123 Å². The number of carbonyl (C=O) groups is 3. The maximum atomic E-state index is 12.8. The molecule has 0 bridgehead atoms. The molecule has 0 aliphatic heterocycles. The van der Waals surface area contributed by atoms with Crippen LogP contribution in [-0.4, -0.2) is 35.5 Å². The second kappa shape index (κ2) is 7.44. The van der Waals surface area contributed by atoms with Crippen LogP contribution < -0.4 is 15.8 Å². The third kappa shape index (κ3) is 5.65. The van der Waals surface area contributed by atoms with Gasteiger partial charge in [0.2, 0.25) is 5.91 Å². The lowest BCUT2D eigenvalue weighted by Crippen LogP contribution is -2.45. The maximum absolute atomic E-state index is 12.8. The van der Waals surface area contributed by atoms with Gasteiger partial charge in [0, 0.05) is 0 Å². The van der Waals surface area contributed by atoms with Gasteiger partial charge in [0.25, 0.3) is 5.91 Å². The van der Waals surface area contributed by atoms with Gasteiger partial charge < -0.3 is 20.9 Å². The van der Waals surface area contributed by atoms with Crippen molar-refractivity contribution >= 4 is 29.4 Å². The molecular formula is C12H12ClFN2O5. The largest absolute Gasteiger partial charge is 0.482 e. The van der Waals surface area contributed by atoms with Crippen LogP contribution >= 0.6 is 11.6 Å². The lowest BCUT2D eigenvalue weighted by atomic mass is 10.2. The quantitative estimate of drug-likeness (QED) is 0.668. The lowest BCUT2D eigenvalue weighted by molar-refractivity contribution is -0.143. The fourth-order valence-corrected chi connectivity index (χ4v) is 1.59. The molecule has 0 saturated carbocycles. The first-order valence-corrected chi connectivity index (χ1v) is 6.05. The molecule has 0 radical (unpaired) electrons. The number of carboxylic acid groups (broad SMARTS) is 1. The van der Waals surface area contributed by atoms with Gasteiger partial charge in [-0.25, -0.2) is 9.18 Å². The Bertz CT molecular complexity index is 567. The van der Waals surface area contributed by atoms with Gasteiger partial charge in [-0.15, -0.1) is 0 Å². The van der Waals surface area contributed by atoms with Gasteiger partial charge in [0.1, 0.15) is 17.6 Å². The zero-order chi connectivity index (χ0) is 16.0. The number of rotatable bonds is 7. The second-order valence-electron chi connectivity index (χ2n) is 3.99. The van der Waals surface area contributed by atoms with Crippen molar-refractivity contribution in [3.63, 3.8) is 0 Å².